The predicted octanol–water partition coefficient (Wildman–Crippen LogP) is 0.437. The molecule has 11 heavy (non-hydrogen) atoms. The number of carbonyl (C=O) groups is 1. The van der Waals surface area contributed by atoms with Crippen LogP contribution in [0.3, 0.4) is 0 Å². The van der Waals surface area contributed by atoms with E-state index in [1.54, 1.807) is 18.3 Å². The number of pyridine rings is 1. The van der Waals surface area contributed by atoms with Gasteiger partial charge in [0, 0.05) is 6.20 Å². The number of hydrogen-bond donors (Lipinski definition) is 3. The van der Waals surface area contributed by atoms with Gasteiger partial charge in [-0.25, -0.2) is 4.98 Å². The second-order valence-electron chi connectivity index (χ2n) is 1.88. The lowest BCUT2D eigenvalue weighted by Gasteiger charge is -2.01. The lowest BCUT2D eigenvalue weighted by Crippen LogP contribution is -2.13. The number of carbonyl (C=O) groups excluding carboxylic acids is 1. The van der Waals surface area contributed by atoms with E-state index in [-0.39, 0.29) is 0 Å². The first-order valence-electron chi connectivity index (χ1n) is 2.90. The van der Waals surface area contributed by atoms with Gasteiger partial charge >= 0.3 is 0 Å². The van der Waals surface area contributed by atoms with E-state index in [0.717, 1.165) is 0 Å². The molecule has 1 rings (SSSR count). The van der Waals surface area contributed by atoms with Crippen molar-refractivity contribution < 1.29 is 4.79 Å². The summed E-state index contributed by atoms with van der Waals surface area (Å²) >= 11 is 3.75. The highest BCUT2D eigenvalue weighted by molar-refractivity contribution is 7.81. The summed E-state index contributed by atoms with van der Waals surface area (Å²) in [6.07, 6.45) is 1.55. The summed E-state index contributed by atoms with van der Waals surface area (Å²) in [5.74, 6) is -0.141. The van der Waals surface area contributed by atoms with Crippen LogP contribution >= 0.6 is 12.8 Å². The number of anilines is 1. The molecule has 0 aliphatic heterocycles. The van der Waals surface area contributed by atoms with Crippen molar-refractivity contribution in [2.45, 2.75) is 0 Å². The molecule has 0 spiro atoms. The first-order valence-corrected chi connectivity index (χ1v) is 3.35. The zero-order valence-electron chi connectivity index (χ0n) is 5.61. The summed E-state index contributed by atoms with van der Waals surface area (Å²) in [5.41, 5.74) is 5.37. The smallest absolute Gasteiger partial charge is 0.252 e. The average molecular weight is 169 g/mol. The van der Waals surface area contributed by atoms with Crippen molar-refractivity contribution in [3.63, 3.8) is 0 Å². The predicted molar refractivity (Wildman–Crippen MR) is 45.4 cm³/mol. The molecule has 4 nitrogen and oxygen atoms in total. The molecule has 1 aromatic heterocycles. The van der Waals surface area contributed by atoms with E-state index in [1.165, 1.54) is 0 Å². The van der Waals surface area contributed by atoms with Gasteiger partial charge in [-0.15, -0.1) is 0 Å². The van der Waals surface area contributed by atoms with Crippen molar-refractivity contribution in [3.8, 4) is 0 Å². The number of nitrogens with one attached hydrogen (secondary N) is 1. The van der Waals surface area contributed by atoms with E-state index in [1.807, 2.05) is 0 Å². The molecule has 5 heteroatoms. The van der Waals surface area contributed by atoms with Gasteiger partial charge in [-0.05, 0) is 12.1 Å². The Kier molecular flexibility index (Phi) is 2.32. The average Bonchev–Trinajstić information content (AvgIpc) is 2.04. The molecule has 3 N–H and O–H groups in total. The van der Waals surface area contributed by atoms with Crippen LogP contribution in [0.4, 0.5) is 5.82 Å². The van der Waals surface area contributed by atoms with Gasteiger partial charge in [0.1, 0.15) is 5.82 Å². The summed E-state index contributed by atoms with van der Waals surface area (Å²) in [7, 11) is 0. The highest BCUT2D eigenvalue weighted by Crippen LogP contribution is 2.10. The number of nitrogens with two attached hydrogens (primary N) is 1. The molecule has 58 valence electrons. The number of primary amides is 1. The highest BCUT2D eigenvalue weighted by atomic mass is 32.1. The molecule has 0 fully saturated rings. The topological polar surface area (TPSA) is 68.0 Å². The SMILES string of the molecule is NC(=O)c1cccnc1NS. The Bertz CT molecular complexity index is 276. The molecule has 0 atom stereocenters. The van der Waals surface area contributed by atoms with Crippen molar-refractivity contribution in [2.24, 2.45) is 5.73 Å². The second kappa shape index (κ2) is 3.25. The second-order valence-corrected chi connectivity index (χ2v) is 2.10. The fourth-order valence-electron chi connectivity index (χ4n) is 0.693. The molecule has 0 aliphatic carbocycles. The van der Waals surface area contributed by atoms with E-state index < -0.39 is 5.91 Å². The maximum absolute atomic E-state index is 10.7. The molecule has 1 heterocycles. The number of hydrogen-bond acceptors (Lipinski definition) is 4. The van der Waals surface area contributed by atoms with Gasteiger partial charge < -0.3 is 10.5 Å². The third-order valence-corrected chi connectivity index (χ3v) is 1.39. The van der Waals surface area contributed by atoms with Crippen molar-refractivity contribution in [3.05, 3.63) is 23.9 Å². The van der Waals surface area contributed by atoms with Crippen molar-refractivity contribution in [2.75, 3.05) is 4.72 Å². The van der Waals surface area contributed by atoms with Gasteiger partial charge in [-0.3, -0.25) is 4.79 Å². The third kappa shape index (κ3) is 1.62. The molecule has 0 unspecified atom stereocenters. The Labute approximate surface area is 69.4 Å². The van der Waals surface area contributed by atoms with E-state index in [2.05, 4.69) is 22.5 Å². The van der Waals surface area contributed by atoms with Crippen LogP contribution in [-0.4, -0.2) is 10.9 Å². The van der Waals surface area contributed by atoms with E-state index >= 15 is 0 Å². The van der Waals surface area contributed by atoms with Crippen LogP contribution in [0.1, 0.15) is 10.4 Å². The summed E-state index contributed by atoms with van der Waals surface area (Å²) < 4.78 is 2.46. The van der Waals surface area contributed by atoms with Crippen LogP contribution in [0.25, 0.3) is 0 Å². The molecule has 1 amide bonds. The van der Waals surface area contributed by atoms with Crippen molar-refractivity contribution >= 4 is 24.5 Å². The van der Waals surface area contributed by atoms with Gasteiger partial charge in [-0.2, -0.15) is 0 Å². The number of aromatic nitrogens is 1. The summed E-state index contributed by atoms with van der Waals surface area (Å²) in [4.78, 5) is 14.5. The Balaban J connectivity index is 3.12. The van der Waals surface area contributed by atoms with E-state index in [4.69, 9.17) is 5.73 Å². The fraction of sp³-hybridized carbons (Fsp3) is 0. The molecular weight excluding hydrogens is 162 g/mol. The van der Waals surface area contributed by atoms with Crippen molar-refractivity contribution in [1.82, 2.24) is 4.98 Å². The molecule has 0 aliphatic rings. The Hall–Kier alpha value is -1.23. The number of thiol groups is 1. The minimum atomic E-state index is -0.519. The number of rotatable bonds is 2. The Morgan fingerprint density at radius 1 is 1.73 bits per heavy atom. The first-order chi connectivity index (χ1) is 5.25. The highest BCUT2D eigenvalue weighted by Gasteiger charge is 2.05. The Morgan fingerprint density at radius 2 is 2.45 bits per heavy atom. The summed E-state index contributed by atoms with van der Waals surface area (Å²) in [6.45, 7) is 0. The lowest BCUT2D eigenvalue weighted by atomic mass is 10.2. The minimum absolute atomic E-state index is 0.336. The van der Waals surface area contributed by atoms with Gasteiger partial charge in [0.05, 0.1) is 5.56 Å². The third-order valence-electron chi connectivity index (χ3n) is 1.18. The van der Waals surface area contributed by atoms with Crippen LogP contribution in [0, 0.1) is 0 Å². The summed E-state index contributed by atoms with van der Waals surface area (Å²) in [6, 6.07) is 3.21. The Morgan fingerprint density at radius 3 is 2.91 bits per heavy atom. The van der Waals surface area contributed by atoms with E-state index in [0.29, 0.717) is 11.4 Å². The van der Waals surface area contributed by atoms with Gasteiger partial charge in [0.2, 0.25) is 0 Å². The molecule has 0 saturated heterocycles. The summed E-state index contributed by atoms with van der Waals surface area (Å²) in [5, 5.41) is 0. The van der Waals surface area contributed by atoms with Crippen LogP contribution in [0.15, 0.2) is 18.3 Å². The monoisotopic (exact) mass is 169 g/mol. The fourth-order valence-corrected chi connectivity index (χ4v) is 0.871. The van der Waals surface area contributed by atoms with Gasteiger partial charge in [0.15, 0.2) is 0 Å². The number of nitrogens with zero attached hydrogens (tertiary/aromatic N) is 1. The lowest BCUT2D eigenvalue weighted by molar-refractivity contribution is 0.100. The van der Waals surface area contributed by atoms with Gasteiger partial charge in [-0.1, -0.05) is 12.8 Å². The molecule has 0 radical (unpaired) electrons. The van der Waals surface area contributed by atoms with Gasteiger partial charge in [0.25, 0.3) is 5.91 Å². The largest absolute Gasteiger partial charge is 0.365 e. The molecular formula is C6H7N3OS. The molecule has 0 bridgehead atoms. The molecule has 0 aromatic carbocycles. The van der Waals surface area contributed by atoms with E-state index in [9.17, 15) is 4.79 Å². The zero-order chi connectivity index (χ0) is 8.27. The maximum atomic E-state index is 10.7. The number of amides is 1. The normalized spacial score (nSPS) is 9.18. The molecule has 0 saturated carbocycles. The van der Waals surface area contributed by atoms with Crippen LogP contribution in [0.5, 0.6) is 0 Å². The van der Waals surface area contributed by atoms with Crippen molar-refractivity contribution in [1.29, 1.82) is 0 Å². The van der Waals surface area contributed by atoms with Crippen LogP contribution < -0.4 is 10.5 Å². The maximum Gasteiger partial charge on any atom is 0.252 e. The quantitative estimate of drug-likeness (QED) is 0.562. The zero-order valence-corrected chi connectivity index (χ0v) is 6.51. The standard InChI is InChI=1S/C6H7N3OS/c7-5(10)4-2-1-3-8-6(4)9-11/h1-3,11H,(H2,7,10)(H,8,9). The molecule has 1 aromatic rings. The van der Waals surface area contributed by atoms with Crippen LogP contribution in [-0.2, 0) is 0 Å². The van der Waals surface area contributed by atoms with Crippen LogP contribution in [0.2, 0.25) is 0 Å². The first kappa shape index (κ1) is 7.87. The minimum Gasteiger partial charge on any atom is -0.365 e.